The van der Waals surface area contributed by atoms with Gasteiger partial charge in [0.05, 0.1) is 5.69 Å². The number of rotatable bonds is 5. The predicted molar refractivity (Wildman–Crippen MR) is 117 cm³/mol. The van der Waals surface area contributed by atoms with Gasteiger partial charge in [-0.3, -0.25) is 14.6 Å². The van der Waals surface area contributed by atoms with Crippen molar-refractivity contribution in [3.05, 3.63) is 53.9 Å². The topological polar surface area (TPSA) is 123 Å². The molecule has 2 aromatic carbocycles. The lowest BCUT2D eigenvalue weighted by Gasteiger charge is -2.19. The van der Waals surface area contributed by atoms with Gasteiger partial charge in [-0.2, -0.15) is 10.1 Å². The van der Waals surface area contributed by atoms with E-state index in [-0.39, 0.29) is 25.1 Å². The minimum Gasteiger partial charge on any atom is -0.454 e. The van der Waals surface area contributed by atoms with E-state index in [1.54, 1.807) is 30.3 Å². The normalized spacial score (nSPS) is 20.7. The molecule has 0 N–H and O–H groups in total. The van der Waals surface area contributed by atoms with E-state index in [0.29, 0.717) is 34.5 Å². The third kappa shape index (κ3) is 3.19. The number of carbonyl (C=O) groups is 2. The lowest BCUT2D eigenvalue weighted by atomic mass is 10.0. The molecule has 1 aromatic heterocycles. The molecule has 2 atom stereocenters. The number of imide groups is 1. The lowest BCUT2D eigenvalue weighted by Crippen LogP contribution is -2.39. The number of hydrogen-bond acceptors (Lipinski definition) is 10. The first-order chi connectivity index (χ1) is 16.5. The van der Waals surface area contributed by atoms with Gasteiger partial charge in [-0.1, -0.05) is 36.4 Å². The Morgan fingerprint density at radius 3 is 2.62 bits per heavy atom. The fraction of sp³-hybridized carbons (Fsp3) is 0.304. The molecule has 34 heavy (non-hydrogen) atoms. The first-order valence-electron chi connectivity index (χ1n) is 10.9. The Hall–Kier alpha value is -4.28. The van der Waals surface area contributed by atoms with Crippen molar-refractivity contribution in [1.82, 2.24) is 15.1 Å². The van der Waals surface area contributed by atoms with Gasteiger partial charge in [0.25, 0.3) is 11.8 Å². The van der Waals surface area contributed by atoms with Crippen molar-refractivity contribution in [2.75, 3.05) is 11.7 Å². The molecule has 11 heteroatoms. The van der Waals surface area contributed by atoms with Crippen molar-refractivity contribution in [3.63, 3.8) is 0 Å². The van der Waals surface area contributed by atoms with Crippen LogP contribution in [0.2, 0.25) is 0 Å². The lowest BCUT2D eigenvalue weighted by molar-refractivity contribution is -0.123. The molecule has 172 valence electrons. The van der Waals surface area contributed by atoms with Gasteiger partial charge in [-0.05, 0) is 41.8 Å². The Bertz CT molecular complexity index is 1320. The molecule has 3 aromatic rings. The number of hydrogen-bond donors (Lipinski definition) is 0. The van der Waals surface area contributed by atoms with Gasteiger partial charge in [0.15, 0.2) is 23.6 Å². The quantitative estimate of drug-likeness (QED) is 0.532. The highest BCUT2D eigenvalue weighted by Gasteiger charge is 2.55. The number of aromatic nitrogens is 2. The van der Waals surface area contributed by atoms with Crippen LogP contribution < -0.4 is 14.4 Å². The molecule has 0 bridgehead atoms. The third-order valence-corrected chi connectivity index (χ3v) is 6.07. The van der Waals surface area contributed by atoms with Crippen LogP contribution in [-0.2, 0) is 16.1 Å². The summed E-state index contributed by atoms with van der Waals surface area (Å²) in [4.78, 5) is 31.7. The second kappa shape index (κ2) is 7.65. The van der Waals surface area contributed by atoms with E-state index in [0.717, 1.165) is 5.56 Å². The summed E-state index contributed by atoms with van der Waals surface area (Å²) in [6.07, 6.45) is 0. The molecule has 0 spiro atoms. The molecule has 11 nitrogen and oxygen atoms in total. The van der Waals surface area contributed by atoms with Gasteiger partial charge < -0.3 is 14.0 Å². The largest absolute Gasteiger partial charge is 0.454 e. The second-order valence-corrected chi connectivity index (χ2v) is 8.53. The van der Waals surface area contributed by atoms with Crippen molar-refractivity contribution in [3.8, 4) is 22.9 Å². The maximum Gasteiger partial charge on any atom is 0.263 e. The van der Waals surface area contributed by atoms with Gasteiger partial charge in [0.2, 0.25) is 18.5 Å². The van der Waals surface area contributed by atoms with E-state index in [4.69, 9.17) is 14.0 Å². The Kier molecular flexibility index (Phi) is 4.57. The smallest absolute Gasteiger partial charge is 0.263 e. The summed E-state index contributed by atoms with van der Waals surface area (Å²) in [6.45, 7) is 4.38. The summed E-state index contributed by atoms with van der Waals surface area (Å²) in [6, 6.07) is 11.0. The van der Waals surface area contributed by atoms with E-state index in [1.807, 2.05) is 12.1 Å². The van der Waals surface area contributed by atoms with Crippen LogP contribution in [-0.4, -0.2) is 45.8 Å². The molecule has 4 heterocycles. The molecule has 1 saturated heterocycles. The molecule has 2 amide bonds. The highest BCUT2D eigenvalue weighted by atomic mass is 16.7. The Morgan fingerprint density at radius 1 is 1.03 bits per heavy atom. The van der Waals surface area contributed by atoms with E-state index in [2.05, 4.69) is 34.3 Å². The van der Waals surface area contributed by atoms with Crippen molar-refractivity contribution >= 4 is 17.5 Å². The third-order valence-electron chi connectivity index (χ3n) is 6.07. The van der Waals surface area contributed by atoms with E-state index in [1.165, 1.54) is 9.91 Å². The molecule has 3 aliphatic rings. The SMILES string of the molecule is CC(C)c1ccc(N2C(=O)[C@@H]3[C@@H](N=NN3Cc3nc(-c4ccc5c(c4)OCO5)no3)C2=O)cc1. The zero-order valence-electron chi connectivity index (χ0n) is 18.4. The average molecular weight is 460 g/mol. The maximum atomic E-state index is 13.2. The number of carbonyl (C=O) groups excluding carboxylic acids is 2. The van der Waals surface area contributed by atoms with Crippen LogP contribution in [0.3, 0.4) is 0 Å². The van der Waals surface area contributed by atoms with Crippen LogP contribution in [0, 0.1) is 0 Å². The summed E-state index contributed by atoms with van der Waals surface area (Å²) in [5.41, 5.74) is 2.34. The van der Waals surface area contributed by atoms with Gasteiger partial charge in [-0.25, -0.2) is 4.90 Å². The highest BCUT2D eigenvalue weighted by molar-refractivity contribution is 6.25. The van der Waals surface area contributed by atoms with Crippen molar-refractivity contribution in [2.24, 2.45) is 10.3 Å². The van der Waals surface area contributed by atoms with Crippen LogP contribution in [0.4, 0.5) is 5.69 Å². The zero-order valence-corrected chi connectivity index (χ0v) is 18.4. The molecular formula is C23H20N6O5. The molecular weight excluding hydrogens is 440 g/mol. The number of benzene rings is 2. The zero-order chi connectivity index (χ0) is 23.4. The molecule has 0 unspecified atom stereocenters. The van der Waals surface area contributed by atoms with Gasteiger partial charge in [-0.15, -0.1) is 0 Å². The minimum atomic E-state index is -0.895. The summed E-state index contributed by atoms with van der Waals surface area (Å²) in [5, 5.41) is 13.5. The fourth-order valence-electron chi connectivity index (χ4n) is 4.23. The van der Waals surface area contributed by atoms with Gasteiger partial charge in [0, 0.05) is 5.56 Å². The van der Waals surface area contributed by atoms with E-state index in [9.17, 15) is 9.59 Å². The molecule has 0 aliphatic carbocycles. The number of ether oxygens (including phenoxy) is 2. The van der Waals surface area contributed by atoms with Crippen LogP contribution in [0.1, 0.15) is 31.2 Å². The number of amides is 2. The summed E-state index contributed by atoms with van der Waals surface area (Å²) in [7, 11) is 0. The highest BCUT2D eigenvalue weighted by Crippen LogP contribution is 2.36. The van der Waals surface area contributed by atoms with Crippen LogP contribution >= 0.6 is 0 Å². The summed E-state index contributed by atoms with van der Waals surface area (Å²) < 4.78 is 16.1. The Labute approximate surface area is 193 Å². The standard InChI is InChI=1S/C23H20N6O5/c1-12(2)13-3-6-15(7-4-13)29-22(30)19-20(23(29)31)28(27-25-19)10-18-24-21(26-34-18)14-5-8-16-17(9-14)33-11-32-16/h3-9,12,19-20H,10-11H2,1-2H3/t19-,20+/m1/s1. The maximum absolute atomic E-state index is 13.2. The number of anilines is 1. The van der Waals surface area contributed by atoms with Crippen LogP contribution in [0.25, 0.3) is 11.4 Å². The van der Waals surface area contributed by atoms with Gasteiger partial charge >= 0.3 is 0 Å². The molecule has 3 aliphatic heterocycles. The first-order valence-corrected chi connectivity index (χ1v) is 10.9. The molecule has 0 radical (unpaired) electrons. The van der Waals surface area contributed by atoms with Crippen molar-refractivity contribution in [1.29, 1.82) is 0 Å². The fourth-order valence-corrected chi connectivity index (χ4v) is 4.23. The van der Waals surface area contributed by atoms with Gasteiger partial charge in [0.1, 0.15) is 6.54 Å². The second-order valence-electron chi connectivity index (χ2n) is 8.53. The summed E-state index contributed by atoms with van der Waals surface area (Å²) >= 11 is 0. The molecule has 1 fully saturated rings. The monoisotopic (exact) mass is 460 g/mol. The first kappa shape index (κ1) is 20.3. The molecule has 0 saturated carbocycles. The van der Waals surface area contributed by atoms with E-state index < -0.39 is 18.0 Å². The van der Waals surface area contributed by atoms with Crippen LogP contribution in [0.15, 0.2) is 57.3 Å². The Balaban J connectivity index is 1.20. The Morgan fingerprint density at radius 2 is 1.82 bits per heavy atom. The summed E-state index contributed by atoms with van der Waals surface area (Å²) in [5.74, 6) is 1.44. The minimum absolute atomic E-state index is 0.0430. The predicted octanol–water partition coefficient (Wildman–Crippen LogP) is 3.08. The average Bonchev–Trinajstić information content (AvgIpc) is 3.61. The molecule has 6 rings (SSSR count). The van der Waals surface area contributed by atoms with E-state index >= 15 is 0 Å². The van der Waals surface area contributed by atoms with Crippen LogP contribution in [0.5, 0.6) is 11.5 Å². The number of nitrogens with zero attached hydrogens (tertiary/aromatic N) is 6. The van der Waals surface area contributed by atoms with Crippen molar-refractivity contribution in [2.45, 2.75) is 38.4 Å². The number of fused-ring (bicyclic) bond motifs is 2. The van der Waals surface area contributed by atoms with Crippen molar-refractivity contribution < 1.29 is 23.6 Å².